The van der Waals surface area contributed by atoms with Crippen LogP contribution in [-0.4, -0.2) is 21.0 Å². The Bertz CT molecular complexity index is 1060. The van der Waals surface area contributed by atoms with Crippen molar-refractivity contribution in [1.82, 2.24) is 0 Å². The highest BCUT2D eigenvalue weighted by molar-refractivity contribution is 7.87. The quantitative estimate of drug-likeness (QED) is 0.231. The van der Waals surface area contributed by atoms with Gasteiger partial charge >= 0.3 is 21.8 Å². The van der Waals surface area contributed by atoms with Crippen molar-refractivity contribution in [2.75, 3.05) is 7.11 Å². The molecule has 1 aromatic heterocycles. The molecule has 0 aliphatic rings. The molecule has 0 saturated carbocycles. The van der Waals surface area contributed by atoms with E-state index in [-0.39, 0.29) is 0 Å². The van der Waals surface area contributed by atoms with Crippen molar-refractivity contribution >= 4 is 10.1 Å². The van der Waals surface area contributed by atoms with E-state index < -0.39 is 27.4 Å². The minimum absolute atomic E-state index is 0.387. The molecule has 0 atom stereocenters. The van der Waals surface area contributed by atoms with E-state index in [4.69, 9.17) is 6.42 Å². The third-order valence-electron chi connectivity index (χ3n) is 3.25. The van der Waals surface area contributed by atoms with Gasteiger partial charge in [-0.3, -0.25) is 4.18 Å². The number of pyridine rings is 1. The summed E-state index contributed by atoms with van der Waals surface area (Å²) in [5.41, 5.74) is -4.77. The van der Waals surface area contributed by atoms with E-state index in [1.54, 1.807) is 16.8 Å². The molecule has 11 heteroatoms. The Kier molecular flexibility index (Phi) is 8.46. The molecule has 0 amide bonds. The first kappa shape index (κ1) is 25.0. The standard InChI is InChI=1S/C17H11F3N.C2H3F3O3S/c1-2-12-21-13-4-3-5-16(21)11-8-14-6-9-15(10-7-14)17(18,19)20;1-8-9(6,7)2(3,4)5/h1,3-7,9-10,13H,12H2;1H3/q+1;. The Labute approximate surface area is 169 Å². The molecule has 0 N–H and O–H groups in total. The smallest absolute Gasteiger partial charge is 0.267 e. The minimum Gasteiger partial charge on any atom is -0.267 e. The van der Waals surface area contributed by atoms with E-state index in [9.17, 15) is 34.8 Å². The van der Waals surface area contributed by atoms with Crippen molar-refractivity contribution < 1.29 is 43.5 Å². The van der Waals surface area contributed by atoms with Crippen LogP contribution in [0, 0.1) is 24.2 Å². The van der Waals surface area contributed by atoms with Crippen LogP contribution < -0.4 is 4.57 Å². The first-order valence-electron chi connectivity index (χ1n) is 7.80. The summed E-state index contributed by atoms with van der Waals surface area (Å²) in [6.07, 6.45) is 2.74. The van der Waals surface area contributed by atoms with E-state index in [1.165, 1.54) is 12.1 Å². The first-order chi connectivity index (χ1) is 13.8. The zero-order chi connectivity index (χ0) is 23.0. The monoisotopic (exact) mass is 450 g/mol. The number of nitrogens with zero attached hydrogens (tertiary/aromatic N) is 1. The van der Waals surface area contributed by atoms with Crippen LogP contribution in [0.25, 0.3) is 0 Å². The lowest BCUT2D eigenvalue weighted by Gasteiger charge is -2.05. The fraction of sp³-hybridized carbons (Fsp3) is 0.211. The lowest BCUT2D eigenvalue weighted by Crippen LogP contribution is -2.36. The van der Waals surface area contributed by atoms with Crippen LogP contribution in [0.2, 0.25) is 0 Å². The zero-order valence-corrected chi connectivity index (χ0v) is 16.1. The van der Waals surface area contributed by atoms with E-state index in [2.05, 4.69) is 21.9 Å². The maximum absolute atomic E-state index is 12.4. The van der Waals surface area contributed by atoms with Crippen LogP contribution in [0.1, 0.15) is 16.8 Å². The molecule has 2 rings (SSSR count). The van der Waals surface area contributed by atoms with Crippen LogP contribution in [0.5, 0.6) is 0 Å². The molecule has 0 aliphatic heterocycles. The van der Waals surface area contributed by atoms with Gasteiger partial charge < -0.3 is 0 Å². The number of halogens is 6. The van der Waals surface area contributed by atoms with Gasteiger partial charge in [0, 0.05) is 23.6 Å². The highest BCUT2D eigenvalue weighted by Crippen LogP contribution is 2.29. The maximum Gasteiger partial charge on any atom is 0.523 e. The average molecular weight is 450 g/mol. The van der Waals surface area contributed by atoms with Gasteiger partial charge in [-0.15, -0.1) is 6.42 Å². The average Bonchev–Trinajstić information content (AvgIpc) is 2.67. The molecule has 30 heavy (non-hydrogen) atoms. The Morgan fingerprint density at radius 2 is 1.60 bits per heavy atom. The Hall–Kier alpha value is -3.02. The summed E-state index contributed by atoms with van der Waals surface area (Å²) in [5, 5.41) is 0. The van der Waals surface area contributed by atoms with Crippen molar-refractivity contribution in [3.63, 3.8) is 0 Å². The molecule has 0 unspecified atom stereocenters. The molecule has 0 saturated heterocycles. The van der Waals surface area contributed by atoms with Gasteiger partial charge in [0.05, 0.1) is 12.7 Å². The Morgan fingerprint density at radius 1 is 1.00 bits per heavy atom. The predicted octanol–water partition coefficient (Wildman–Crippen LogP) is 3.51. The normalized spacial score (nSPS) is 11.4. The van der Waals surface area contributed by atoms with Crippen LogP contribution in [-0.2, 0) is 27.0 Å². The topological polar surface area (TPSA) is 47.2 Å². The second kappa shape index (κ2) is 10.1. The number of alkyl halides is 6. The molecule has 4 nitrogen and oxygen atoms in total. The molecule has 1 aromatic carbocycles. The molecule has 2 aromatic rings. The van der Waals surface area contributed by atoms with Crippen molar-refractivity contribution in [3.05, 3.63) is 65.5 Å². The largest absolute Gasteiger partial charge is 0.523 e. The van der Waals surface area contributed by atoms with Crippen molar-refractivity contribution in [3.8, 4) is 24.2 Å². The Morgan fingerprint density at radius 3 is 2.03 bits per heavy atom. The highest BCUT2D eigenvalue weighted by atomic mass is 32.2. The molecule has 0 aliphatic carbocycles. The number of rotatable bonds is 2. The molecule has 1 heterocycles. The second-order valence-electron chi connectivity index (χ2n) is 5.31. The summed E-state index contributed by atoms with van der Waals surface area (Å²) in [7, 11) is -4.89. The van der Waals surface area contributed by atoms with Crippen molar-refractivity contribution in [2.24, 2.45) is 0 Å². The summed E-state index contributed by atoms with van der Waals surface area (Å²) >= 11 is 0. The fourth-order valence-corrected chi connectivity index (χ4v) is 1.99. The van der Waals surface area contributed by atoms with Crippen molar-refractivity contribution in [1.29, 1.82) is 0 Å². The van der Waals surface area contributed by atoms with Gasteiger partial charge in [0.1, 0.15) is 0 Å². The first-order valence-corrected chi connectivity index (χ1v) is 9.20. The van der Waals surface area contributed by atoms with Gasteiger partial charge in [-0.25, -0.2) is 0 Å². The summed E-state index contributed by atoms with van der Waals surface area (Å²) < 4.78 is 95.0. The molecular formula is C19H14F6NO3S+. The zero-order valence-electron chi connectivity index (χ0n) is 15.3. The van der Waals surface area contributed by atoms with E-state index in [0.29, 0.717) is 24.9 Å². The van der Waals surface area contributed by atoms with Gasteiger partial charge in [-0.2, -0.15) is 39.3 Å². The van der Waals surface area contributed by atoms with Crippen LogP contribution in [0.15, 0.2) is 48.7 Å². The molecule has 160 valence electrons. The number of benzene rings is 1. The van der Waals surface area contributed by atoms with Gasteiger partial charge in [-0.05, 0) is 36.3 Å². The lowest BCUT2D eigenvalue weighted by atomic mass is 10.1. The van der Waals surface area contributed by atoms with E-state index in [1.807, 2.05) is 12.1 Å². The van der Waals surface area contributed by atoms with Crippen LogP contribution >= 0.6 is 0 Å². The summed E-state index contributed by atoms with van der Waals surface area (Å²) in [6.45, 7) is 0.387. The van der Waals surface area contributed by atoms with E-state index >= 15 is 0 Å². The maximum atomic E-state index is 12.4. The number of hydrogen-bond donors (Lipinski definition) is 0. The third kappa shape index (κ3) is 7.43. The molecule has 0 fully saturated rings. The summed E-state index contributed by atoms with van der Waals surface area (Å²) in [6, 6.07) is 10.2. The third-order valence-corrected chi connectivity index (χ3v) is 4.26. The number of hydrogen-bond acceptors (Lipinski definition) is 3. The molecular weight excluding hydrogens is 436 g/mol. The lowest BCUT2D eigenvalue weighted by molar-refractivity contribution is -0.687. The molecule has 0 radical (unpaired) electrons. The SMILES string of the molecule is C#CC[n+]1ccccc1C#Cc1ccc(C(F)(F)F)cc1.COS(=O)(=O)C(F)(F)F. The molecule has 0 spiro atoms. The fourth-order valence-electron chi connectivity index (χ4n) is 1.80. The minimum atomic E-state index is -5.34. The Balaban J connectivity index is 0.000000424. The van der Waals surface area contributed by atoms with Gasteiger partial charge in [0.25, 0.3) is 5.69 Å². The van der Waals surface area contributed by atoms with Crippen LogP contribution in [0.4, 0.5) is 26.3 Å². The second-order valence-corrected chi connectivity index (χ2v) is 7.01. The summed E-state index contributed by atoms with van der Waals surface area (Å²) in [5.74, 6) is 8.26. The predicted molar refractivity (Wildman–Crippen MR) is 94.9 cm³/mol. The highest BCUT2D eigenvalue weighted by Gasteiger charge is 2.46. The number of aromatic nitrogens is 1. The van der Waals surface area contributed by atoms with Gasteiger partial charge in [0.2, 0.25) is 6.54 Å². The summed E-state index contributed by atoms with van der Waals surface area (Å²) in [4.78, 5) is 0. The van der Waals surface area contributed by atoms with E-state index in [0.717, 1.165) is 12.1 Å². The van der Waals surface area contributed by atoms with Gasteiger partial charge in [-0.1, -0.05) is 5.92 Å². The number of terminal acetylenes is 1. The van der Waals surface area contributed by atoms with Crippen molar-refractivity contribution in [2.45, 2.75) is 18.2 Å². The van der Waals surface area contributed by atoms with Gasteiger partial charge in [0.15, 0.2) is 6.20 Å². The molecule has 0 bridgehead atoms. The van der Waals surface area contributed by atoms with Crippen LogP contribution in [0.3, 0.4) is 0 Å².